The number of thiazole rings is 1. The van der Waals surface area contributed by atoms with Gasteiger partial charge in [0.1, 0.15) is 18.3 Å². The third kappa shape index (κ3) is 9.75. The van der Waals surface area contributed by atoms with Crippen molar-refractivity contribution in [1.82, 2.24) is 10.3 Å². The molecular weight excluding hydrogens is 510 g/mol. The third-order valence-corrected chi connectivity index (χ3v) is 7.60. The molecule has 1 aromatic heterocycles. The van der Waals surface area contributed by atoms with E-state index < -0.39 is 36.2 Å². The second kappa shape index (κ2) is 15.1. The first-order valence-electron chi connectivity index (χ1n) is 14.0. The van der Waals surface area contributed by atoms with E-state index in [1.54, 1.807) is 5.38 Å². The molecule has 3 heterocycles. The number of amides is 2. The van der Waals surface area contributed by atoms with Gasteiger partial charge in [-0.05, 0) is 27.2 Å². The van der Waals surface area contributed by atoms with Crippen LogP contribution in [0.2, 0.25) is 0 Å². The fourth-order valence-electron chi connectivity index (χ4n) is 4.93. The number of hydrogen-bond acceptors (Lipinski definition) is 8. The largest absolute Gasteiger partial charge is 0.481 e. The predicted octanol–water partition coefficient (Wildman–Crippen LogP) is 5.46. The molecule has 3 rings (SSSR count). The molecule has 0 saturated carbocycles. The van der Waals surface area contributed by atoms with Gasteiger partial charge in [0.25, 0.3) is 0 Å². The number of urea groups is 1. The minimum atomic E-state index is -0.972. The van der Waals surface area contributed by atoms with Gasteiger partial charge in [-0.15, -0.1) is 11.3 Å². The van der Waals surface area contributed by atoms with Crippen molar-refractivity contribution in [1.29, 1.82) is 0 Å². The SMILES string of the molecule is CCCCCCCCCCCCO[C@H]1[C@H]2OC(C)(C)O[C@H]2O[C@@H]1[C@H](C)NC(=O)Nc1nc(CC(=O)O)cs1. The Bertz CT molecular complexity index is 881. The Kier molecular flexibility index (Phi) is 12.2. The van der Waals surface area contributed by atoms with Crippen LogP contribution in [0.15, 0.2) is 5.38 Å². The molecule has 216 valence electrons. The maximum atomic E-state index is 12.6. The fraction of sp³-hybridized carbons (Fsp3) is 0.815. The number of ether oxygens (including phenoxy) is 4. The Balaban J connectivity index is 1.43. The minimum Gasteiger partial charge on any atom is -0.481 e. The molecule has 0 aliphatic carbocycles. The summed E-state index contributed by atoms with van der Waals surface area (Å²) in [5, 5.41) is 16.4. The number of rotatable bonds is 17. The number of anilines is 1. The molecule has 2 aliphatic heterocycles. The highest BCUT2D eigenvalue weighted by molar-refractivity contribution is 7.13. The van der Waals surface area contributed by atoms with Gasteiger partial charge in [-0.25, -0.2) is 9.78 Å². The summed E-state index contributed by atoms with van der Waals surface area (Å²) in [4.78, 5) is 27.6. The number of nitrogens with zero attached hydrogens (tertiary/aromatic N) is 1. The van der Waals surface area contributed by atoms with Crippen LogP contribution in [-0.2, 0) is 30.2 Å². The van der Waals surface area contributed by atoms with Gasteiger partial charge in [-0.2, -0.15) is 0 Å². The van der Waals surface area contributed by atoms with E-state index in [2.05, 4.69) is 22.5 Å². The molecule has 2 fully saturated rings. The zero-order valence-electron chi connectivity index (χ0n) is 23.2. The molecule has 2 saturated heterocycles. The zero-order valence-corrected chi connectivity index (χ0v) is 24.0. The van der Waals surface area contributed by atoms with Crippen LogP contribution in [-0.4, -0.2) is 65.1 Å². The number of nitrogens with one attached hydrogen (secondary N) is 2. The van der Waals surface area contributed by atoms with Gasteiger partial charge in [0.2, 0.25) is 0 Å². The predicted molar refractivity (Wildman–Crippen MR) is 145 cm³/mol. The van der Waals surface area contributed by atoms with Crippen molar-refractivity contribution in [2.75, 3.05) is 11.9 Å². The van der Waals surface area contributed by atoms with Crippen molar-refractivity contribution >= 4 is 28.5 Å². The normalized spacial score (nSPS) is 24.7. The van der Waals surface area contributed by atoms with E-state index in [-0.39, 0.29) is 18.6 Å². The summed E-state index contributed by atoms with van der Waals surface area (Å²) in [6.07, 6.45) is 10.6. The van der Waals surface area contributed by atoms with E-state index in [1.165, 1.54) is 62.7 Å². The zero-order chi connectivity index (χ0) is 27.5. The summed E-state index contributed by atoms with van der Waals surface area (Å²) in [6, 6.07) is -0.850. The van der Waals surface area contributed by atoms with E-state index in [1.807, 2.05) is 20.8 Å². The number of carboxylic acids is 1. The van der Waals surface area contributed by atoms with Gasteiger partial charge in [-0.1, -0.05) is 64.7 Å². The lowest BCUT2D eigenvalue weighted by atomic mass is 10.0. The second-order valence-electron chi connectivity index (χ2n) is 10.7. The average Bonchev–Trinajstić information content (AvgIpc) is 3.49. The highest BCUT2D eigenvalue weighted by Gasteiger charge is 2.56. The van der Waals surface area contributed by atoms with Crippen molar-refractivity contribution in [3.05, 3.63) is 11.1 Å². The molecule has 2 amide bonds. The van der Waals surface area contributed by atoms with Crippen LogP contribution in [0.25, 0.3) is 0 Å². The van der Waals surface area contributed by atoms with E-state index in [0.717, 1.165) is 12.8 Å². The average molecular weight is 556 g/mol. The number of aliphatic carboxylic acids is 1. The lowest BCUT2D eigenvalue weighted by molar-refractivity contribution is -0.220. The standard InChI is InChI=1S/C27H45N3O7S/c1-5-6-7-8-9-10-11-12-13-14-15-34-22-21(35-24-23(22)36-27(3,4)37-24)18(2)28-25(33)30-26-29-19(17-38-26)16-20(31)32/h17-18,21-24H,5-16H2,1-4H3,(H,31,32)(H2,28,29,30,33)/t18-,21+,22+,23+,24+/m0/s1. The third-order valence-electron chi connectivity index (χ3n) is 6.79. The van der Waals surface area contributed by atoms with Gasteiger partial charge >= 0.3 is 12.0 Å². The molecule has 1 aromatic rings. The summed E-state index contributed by atoms with van der Waals surface area (Å²) < 4.78 is 24.5. The number of carbonyl (C=O) groups excluding carboxylic acids is 1. The van der Waals surface area contributed by atoms with Crippen LogP contribution >= 0.6 is 11.3 Å². The van der Waals surface area contributed by atoms with Crippen LogP contribution in [0, 0.1) is 0 Å². The summed E-state index contributed by atoms with van der Waals surface area (Å²) in [7, 11) is 0. The highest BCUT2D eigenvalue weighted by atomic mass is 32.1. The smallest absolute Gasteiger partial charge is 0.321 e. The van der Waals surface area contributed by atoms with E-state index in [4.69, 9.17) is 24.1 Å². The molecule has 0 aromatic carbocycles. The Hall–Kier alpha value is -1.79. The Morgan fingerprint density at radius 1 is 1.11 bits per heavy atom. The van der Waals surface area contributed by atoms with Gasteiger partial charge in [0.05, 0.1) is 18.2 Å². The lowest BCUT2D eigenvalue weighted by Gasteiger charge is -2.29. The number of fused-ring (bicyclic) bond motifs is 1. The number of aromatic nitrogens is 1. The minimum absolute atomic E-state index is 0.191. The summed E-state index contributed by atoms with van der Waals surface area (Å²) in [5.41, 5.74) is 0.398. The number of hydrogen-bond donors (Lipinski definition) is 3. The summed E-state index contributed by atoms with van der Waals surface area (Å²) >= 11 is 1.18. The van der Waals surface area contributed by atoms with Crippen LogP contribution in [0.4, 0.5) is 9.93 Å². The number of carboxylic acid groups (broad SMARTS) is 1. The van der Waals surface area contributed by atoms with Crippen molar-refractivity contribution in [2.24, 2.45) is 0 Å². The first-order valence-corrected chi connectivity index (χ1v) is 14.9. The molecule has 0 bridgehead atoms. The maximum Gasteiger partial charge on any atom is 0.321 e. The van der Waals surface area contributed by atoms with Crippen molar-refractivity contribution in [3.63, 3.8) is 0 Å². The number of unbranched alkanes of at least 4 members (excludes halogenated alkanes) is 9. The molecule has 5 atom stereocenters. The maximum absolute atomic E-state index is 12.6. The lowest BCUT2D eigenvalue weighted by Crippen LogP contribution is -2.50. The molecule has 3 N–H and O–H groups in total. The molecule has 0 radical (unpaired) electrons. The number of carbonyl (C=O) groups is 2. The summed E-state index contributed by atoms with van der Waals surface area (Å²) in [5.74, 6) is -1.73. The molecule has 2 aliphatic rings. The molecule has 0 unspecified atom stereocenters. The Labute approximate surface area is 230 Å². The van der Waals surface area contributed by atoms with Crippen LogP contribution in [0.3, 0.4) is 0 Å². The molecule has 0 spiro atoms. The second-order valence-corrected chi connectivity index (χ2v) is 11.5. The fourth-order valence-corrected chi connectivity index (χ4v) is 5.63. The van der Waals surface area contributed by atoms with Gasteiger partial charge < -0.3 is 29.4 Å². The summed E-state index contributed by atoms with van der Waals surface area (Å²) in [6.45, 7) is 8.40. The molecule has 10 nitrogen and oxygen atoms in total. The Morgan fingerprint density at radius 3 is 2.42 bits per heavy atom. The topological polar surface area (TPSA) is 128 Å². The Morgan fingerprint density at radius 2 is 1.76 bits per heavy atom. The molecule has 11 heteroatoms. The van der Waals surface area contributed by atoms with Gasteiger partial charge in [0.15, 0.2) is 17.2 Å². The first-order chi connectivity index (χ1) is 18.2. The highest BCUT2D eigenvalue weighted by Crippen LogP contribution is 2.39. The first kappa shape index (κ1) is 30.7. The quantitative estimate of drug-likeness (QED) is 0.216. The van der Waals surface area contributed by atoms with Gasteiger partial charge in [0, 0.05) is 12.0 Å². The van der Waals surface area contributed by atoms with E-state index in [9.17, 15) is 9.59 Å². The van der Waals surface area contributed by atoms with Crippen molar-refractivity contribution < 1.29 is 33.6 Å². The van der Waals surface area contributed by atoms with Crippen molar-refractivity contribution in [2.45, 2.75) is 135 Å². The van der Waals surface area contributed by atoms with Crippen molar-refractivity contribution in [3.8, 4) is 0 Å². The van der Waals surface area contributed by atoms with Gasteiger partial charge in [-0.3, -0.25) is 10.1 Å². The van der Waals surface area contributed by atoms with E-state index >= 15 is 0 Å². The van der Waals surface area contributed by atoms with E-state index in [0.29, 0.717) is 17.4 Å². The molecule has 38 heavy (non-hydrogen) atoms. The molecular formula is C27H45N3O7S. The van der Waals surface area contributed by atoms with Crippen LogP contribution in [0.5, 0.6) is 0 Å². The monoisotopic (exact) mass is 555 g/mol. The van der Waals surface area contributed by atoms with Crippen LogP contribution in [0.1, 0.15) is 97.6 Å². The van der Waals surface area contributed by atoms with Crippen LogP contribution < -0.4 is 10.6 Å².